The number of benzene rings is 2. The summed E-state index contributed by atoms with van der Waals surface area (Å²) in [6, 6.07) is 13.0. The van der Waals surface area contributed by atoms with Gasteiger partial charge in [0.05, 0.1) is 0 Å². The maximum absolute atomic E-state index is 11.8. The van der Waals surface area contributed by atoms with E-state index in [-0.39, 0.29) is 15.6 Å². The molecule has 3 nitrogen and oxygen atoms in total. The van der Waals surface area contributed by atoms with Crippen LogP contribution in [0.5, 0.6) is 0 Å². The lowest BCUT2D eigenvalue weighted by Crippen LogP contribution is -2.42. The average Bonchev–Trinajstić information content (AvgIpc) is 2.39. The zero-order chi connectivity index (χ0) is 14.0. The highest BCUT2D eigenvalue weighted by atomic mass is 35.5. The monoisotopic (exact) mass is 295 g/mol. The number of amides is 1. The summed E-state index contributed by atoms with van der Waals surface area (Å²) in [6.07, 6.45) is 0. The van der Waals surface area contributed by atoms with Crippen molar-refractivity contribution in [3.63, 3.8) is 0 Å². The molecule has 0 spiro atoms. The fourth-order valence-electron chi connectivity index (χ4n) is 1.93. The number of hydrogen-bond acceptors (Lipinski definition) is 2. The number of primary amides is 1. The Morgan fingerprint density at radius 1 is 1.00 bits per heavy atom. The predicted octanol–water partition coefficient (Wildman–Crippen LogP) is 2.71. The molecule has 0 saturated heterocycles. The molecule has 1 amide bonds. The van der Waals surface area contributed by atoms with Gasteiger partial charge >= 0.3 is 0 Å². The molecule has 0 aliphatic heterocycles. The summed E-state index contributed by atoms with van der Waals surface area (Å²) in [5, 5.41) is 11.1. The van der Waals surface area contributed by atoms with Gasteiger partial charge in [0.2, 0.25) is 0 Å². The van der Waals surface area contributed by atoms with Crippen LogP contribution in [0.4, 0.5) is 0 Å². The van der Waals surface area contributed by atoms with Gasteiger partial charge in [-0.05, 0) is 17.7 Å². The third-order valence-electron chi connectivity index (χ3n) is 2.87. The lowest BCUT2D eigenvalue weighted by Gasteiger charge is -2.27. The first kappa shape index (κ1) is 13.9. The van der Waals surface area contributed by atoms with E-state index in [9.17, 15) is 9.90 Å². The SMILES string of the molecule is NC(=O)C(O)(c1ccccc1)c1c(Cl)cccc1Cl. The minimum Gasteiger partial charge on any atom is -0.372 e. The Labute approximate surface area is 120 Å². The maximum Gasteiger partial charge on any atom is 0.258 e. The van der Waals surface area contributed by atoms with Crippen molar-refractivity contribution in [1.29, 1.82) is 0 Å². The summed E-state index contributed by atoms with van der Waals surface area (Å²) >= 11 is 12.1. The molecule has 3 N–H and O–H groups in total. The molecule has 0 aromatic heterocycles. The van der Waals surface area contributed by atoms with E-state index in [1.807, 2.05) is 0 Å². The van der Waals surface area contributed by atoms with Crippen molar-refractivity contribution in [2.75, 3.05) is 0 Å². The Morgan fingerprint density at radius 2 is 1.53 bits per heavy atom. The van der Waals surface area contributed by atoms with Crippen LogP contribution in [0, 0.1) is 0 Å². The Bertz CT molecular complexity index is 596. The van der Waals surface area contributed by atoms with Crippen LogP contribution in [0.3, 0.4) is 0 Å². The van der Waals surface area contributed by atoms with Gasteiger partial charge in [-0.15, -0.1) is 0 Å². The molecular formula is C14H11Cl2NO2. The molecule has 0 radical (unpaired) electrons. The summed E-state index contributed by atoms with van der Waals surface area (Å²) in [5.41, 5.74) is 3.72. The molecule has 1 atom stereocenters. The second kappa shape index (κ2) is 5.21. The highest BCUT2D eigenvalue weighted by molar-refractivity contribution is 6.36. The normalized spacial score (nSPS) is 13.8. The van der Waals surface area contributed by atoms with Crippen LogP contribution in [0.1, 0.15) is 11.1 Å². The molecule has 19 heavy (non-hydrogen) atoms. The molecule has 0 bridgehead atoms. The number of halogens is 2. The number of carbonyl (C=O) groups is 1. The second-order valence-electron chi connectivity index (χ2n) is 4.04. The van der Waals surface area contributed by atoms with Gasteiger partial charge in [-0.3, -0.25) is 4.79 Å². The molecule has 2 aromatic carbocycles. The Balaban J connectivity index is 2.75. The first-order chi connectivity index (χ1) is 8.98. The predicted molar refractivity (Wildman–Crippen MR) is 75.1 cm³/mol. The van der Waals surface area contributed by atoms with E-state index in [4.69, 9.17) is 28.9 Å². The largest absolute Gasteiger partial charge is 0.372 e. The highest BCUT2D eigenvalue weighted by Gasteiger charge is 2.41. The lowest BCUT2D eigenvalue weighted by atomic mass is 9.85. The van der Waals surface area contributed by atoms with Crippen molar-refractivity contribution in [2.24, 2.45) is 5.73 Å². The second-order valence-corrected chi connectivity index (χ2v) is 4.85. The van der Waals surface area contributed by atoms with Gasteiger partial charge in [-0.25, -0.2) is 0 Å². The van der Waals surface area contributed by atoms with Crippen LogP contribution in [-0.2, 0) is 10.4 Å². The van der Waals surface area contributed by atoms with Crippen molar-refractivity contribution in [3.05, 3.63) is 69.7 Å². The van der Waals surface area contributed by atoms with Gasteiger partial charge in [0, 0.05) is 15.6 Å². The molecule has 2 rings (SSSR count). The van der Waals surface area contributed by atoms with E-state index >= 15 is 0 Å². The van der Waals surface area contributed by atoms with Crippen LogP contribution >= 0.6 is 23.2 Å². The first-order valence-electron chi connectivity index (χ1n) is 5.50. The van der Waals surface area contributed by atoms with Crippen molar-refractivity contribution < 1.29 is 9.90 Å². The average molecular weight is 296 g/mol. The fraction of sp³-hybridized carbons (Fsp3) is 0.0714. The van der Waals surface area contributed by atoms with Gasteiger partial charge in [0.1, 0.15) is 0 Å². The molecule has 0 fully saturated rings. The van der Waals surface area contributed by atoms with Crippen molar-refractivity contribution in [2.45, 2.75) is 5.60 Å². The van der Waals surface area contributed by atoms with Crippen LogP contribution in [-0.4, -0.2) is 11.0 Å². The molecule has 0 saturated carbocycles. The van der Waals surface area contributed by atoms with Crippen molar-refractivity contribution in [1.82, 2.24) is 0 Å². The van der Waals surface area contributed by atoms with E-state index in [0.717, 1.165) is 0 Å². The Morgan fingerprint density at radius 3 is 2.00 bits per heavy atom. The number of carbonyl (C=O) groups excluding carboxylic acids is 1. The minimum atomic E-state index is -2.06. The van der Waals surface area contributed by atoms with E-state index in [1.165, 1.54) is 0 Å². The van der Waals surface area contributed by atoms with Gasteiger partial charge in [-0.1, -0.05) is 59.6 Å². The Kier molecular flexibility index (Phi) is 3.80. The molecule has 0 aliphatic rings. The molecule has 2 aromatic rings. The number of nitrogens with two attached hydrogens (primary N) is 1. The topological polar surface area (TPSA) is 63.3 Å². The molecule has 98 valence electrons. The van der Waals surface area contributed by atoms with Crippen molar-refractivity contribution >= 4 is 29.1 Å². The third-order valence-corrected chi connectivity index (χ3v) is 3.50. The van der Waals surface area contributed by atoms with Gasteiger partial charge < -0.3 is 10.8 Å². The van der Waals surface area contributed by atoms with Crippen LogP contribution in [0.2, 0.25) is 10.0 Å². The van der Waals surface area contributed by atoms with E-state index < -0.39 is 11.5 Å². The van der Waals surface area contributed by atoms with Crippen LogP contribution < -0.4 is 5.73 Å². The summed E-state index contributed by atoms with van der Waals surface area (Å²) < 4.78 is 0. The van der Waals surface area contributed by atoms with Crippen molar-refractivity contribution in [3.8, 4) is 0 Å². The smallest absolute Gasteiger partial charge is 0.258 e. The zero-order valence-corrected chi connectivity index (χ0v) is 11.3. The van der Waals surface area contributed by atoms with E-state index in [0.29, 0.717) is 5.56 Å². The summed E-state index contributed by atoms with van der Waals surface area (Å²) in [7, 11) is 0. The fourth-order valence-corrected chi connectivity index (χ4v) is 2.60. The quantitative estimate of drug-likeness (QED) is 0.914. The number of hydrogen-bond donors (Lipinski definition) is 2. The molecule has 0 heterocycles. The van der Waals surface area contributed by atoms with Gasteiger partial charge in [0.25, 0.3) is 5.91 Å². The highest BCUT2D eigenvalue weighted by Crippen LogP contribution is 2.38. The molecule has 1 unspecified atom stereocenters. The zero-order valence-electron chi connectivity index (χ0n) is 9.81. The summed E-state index contributed by atoms with van der Waals surface area (Å²) in [4.78, 5) is 11.8. The first-order valence-corrected chi connectivity index (χ1v) is 6.26. The summed E-state index contributed by atoms with van der Waals surface area (Å²) in [6.45, 7) is 0. The third kappa shape index (κ3) is 2.32. The van der Waals surface area contributed by atoms with E-state index in [1.54, 1.807) is 48.5 Å². The molecular weight excluding hydrogens is 285 g/mol. The lowest BCUT2D eigenvalue weighted by molar-refractivity contribution is -0.133. The summed E-state index contributed by atoms with van der Waals surface area (Å²) in [5.74, 6) is -0.936. The van der Waals surface area contributed by atoms with Crippen LogP contribution in [0.15, 0.2) is 48.5 Å². The molecule has 0 aliphatic carbocycles. The maximum atomic E-state index is 11.8. The number of aliphatic hydroxyl groups is 1. The van der Waals surface area contributed by atoms with Crippen LogP contribution in [0.25, 0.3) is 0 Å². The molecule has 5 heteroatoms. The van der Waals surface area contributed by atoms with Gasteiger partial charge in [0.15, 0.2) is 5.60 Å². The number of rotatable bonds is 3. The minimum absolute atomic E-state index is 0.0945. The van der Waals surface area contributed by atoms with Gasteiger partial charge in [-0.2, -0.15) is 0 Å². The standard InChI is InChI=1S/C14H11Cl2NO2/c15-10-7-4-8-11(16)12(10)14(19,13(17)18)9-5-2-1-3-6-9/h1-8,19H,(H2,17,18). The Hall–Kier alpha value is -1.55. The van der Waals surface area contributed by atoms with E-state index in [2.05, 4.69) is 0 Å².